The zero-order valence-corrected chi connectivity index (χ0v) is 8.68. The predicted molar refractivity (Wildman–Crippen MR) is 54.7 cm³/mol. The standard InChI is InChI=1S/C10H22N2O/c1-8(7-13-2)12-10-5-3-9(11)4-6-10/h8-10,12H,3-7,11H2,1-2H3/t8?,9-,10-/i8D. The van der Waals surface area contributed by atoms with Gasteiger partial charge in [0, 0.05) is 26.6 Å². The molecule has 1 aliphatic carbocycles. The lowest BCUT2D eigenvalue weighted by atomic mass is 9.91. The van der Waals surface area contributed by atoms with Crippen molar-refractivity contribution in [2.45, 2.75) is 50.7 Å². The van der Waals surface area contributed by atoms with E-state index < -0.39 is 6.02 Å². The molecule has 1 aliphatic rings. The smallest absolute Gasteiger partial charge is 0.0613 e. The van der Waals surface area contributed by atoms with Gasteiger partial charge in [-0.2, -0.15) is 0 Å². The maximum Gasteiger partial charge on any atom is 0.0613 e. The summed E-state index contributed by atoms with van der Waals surface area (Å²) in [6.07, 6.45) is 4.31. The minimum absolute atomic E-state index is 0.368. The molecule has 0 aromatic rings. The fraction of sp³-hybridized carbons (Fsp3) is 1.00. The van der Waals surface area contributed by atoms with Gasteiger partial charge in [-0.15, -0.1) is 0 Å². The van der Waals surface area contributed by atoms with Gasteiger partial charge in [-0.1, -0.05) is 0 Å². The van der Waals surface area contributed by atoms with Crippen LogP contribution >= 0.6 is 0 Å². The highest BCUT2D eigenvalue weighted by Crippen LogP contribution is 2.17. The Bertz CT molecular complexity index is 168. The molecule has 0 bridgehead atoms. The summed E-state index contributed by atoms with van der Waals surface area (Å²) in [6.45, 7) is 2.28. The first-order chi connectivity index (χ1) is 6.53. The molecule has 1 atom stereocenters. The van der Waals surface area contributed by atoms with Crippen molar-refractivity contribution < 1.29 is 6.11 Å². The quantitative estimate of drug-likeness (QED) is 0.687. The summed E-state index contributed by atoms with van der Waals surface area (Å²) in [7, 11) is 1.63. The fourth-order valence-electron chi connectivity index (χ4n) is 1.87. The highest BCUT2D eigenvalue weighted by Gasteiger charge is 2.19. The molecule has 0 aromatic heterocycles. The van der Waals surface area contributed by atoms with Crippen molar-refractivity contribution in [3.8, 4) is 0 Å². The van der Waals surface area contributed by atoms with E-state index in [9.17, 15) is 0 Å². The van der Waals surface area contributed by atoms with Gasteiger partial charge >= 0.3 is 0 Å². The maximum atomic E-state index is 7.95. The van der Waals surface area contributed by atoms with E-state index in [0.29, 0.717) is 18.7 Å². The van der Waals surface area contributed by atoms with Crippen molar-refractivity contribution in [2.24, 2.45) is 5.73 Å². The normalized spacial score (nSPS) is 35.2. The van der Waals surface area contributed by atoms with Gasteiger partial charge in [-0.25, -0.2) is 0 Å². The molecule has 78 valence electrons. The minimum Gasteiger partial charge on any atom is -0.383 e. The largest absolute Gasteiger partial charge is 0.383 e. The topological polar surface area (TPSA) is 47.3 Å². The van der Waals surface area contributed by atoms with Crippen LogP contribution in [0.1, 0.15) is 34.0 Å². The Morgan fingerprint density at radius 3 is 2.69 bits per heavy atom. The van der Waals surface area contributed by atoms with Crippen LogP contribution in [0.15, 0.2) is 0 Å². The second kappa shape index (κ2) is 5.58. The number of methoxy groups -OCH3 is 1. The Morgan fingerprint density at radius 1 is 1.54 bits per heavy atom. The van der Waals surface area contributed by atoms with Crippen LogP contribution in [0.5, 0.6) is 0 Å². The van der Waals surface area contributed by atoms with Gasteiger partial charge in [0.05, 0.1) is 6.61 Å². The lowest BCUT2D eigenvalue weighted by Crippen LogP contribution is -2.43. The van der Waals surface area contributed by atoms with Gasteiger partial charge in [0.15, 0.2) is 0 Å². The first-order valence-corrected chi connectivity index (χ1v) is 5.06. The molecule has 0 heterocycles. The van der Waals surface area contributed by atoms with Crippen LogP contribution in [0.3, 0.4) is 0 Å². The van der Waals surface area contributed by atoms with Gasteiger partial charge in [0.2, 0.25) is 0 Å². The van der Waals surface area contributed by atoms with E-state index in [1.165, 1.54) is 0 Å². The molecule has 0 radical (unpaired) electrons. The minimum atomic E-state index is -0.666. The first-order valence-electron chi connectivity index (χ1n) is 5.56. The van der Waals surface area contributed by atoms with Gasteiger partial charge in [0.25, 0.3) is 0 Å². The predicted octanol–water partition coefficient (Wildman–Crippen LogP) is 0.881. The van der Waals surface area contributed by atoms with Gasteiger partial charge in [-0.05, 0) is 32.6 Å². The van der Waals surface area contributed by atoms with E-state index >= 15 is 0 Å². The Balaban J connectivity index is 2.29. The van der Waals surface area contributed by atoms with Crippen molar-refractivity contribution in [1.29, 1.82) is 0 Å². The van der Waals surface area contributed by atoms with E-state index in [-0.39, 0.29) is 0 Å². The number of hydrogen-bond acceptors (Lipinski definition) is 3. The summed E-state index contributed by atoms with van der Waals surface area (Å²) in [4.78, 5) is 0. The number of nitrogens with two attached hydrogens (primary N) is 1. The molecule has 0 aromatic carbocycles. The third-order valence-corrected chi connectivity index (χ3v) is 2.58. The molecule has 0 spiro atoms. The molecule has 0 amide bonds. The molecular weight excluding hydrogens is 164 g/mol. The Morgan fingerprint density at radius 2 is 2.15 bits per heavy atom. The third-order valence-electron chi connectivity index (χ3n) is 2.58. The van der Waals surface area contributed by atoms with Crippen molar-refractivity contribution >= 4 is 0 Å². The summed E-state index contributed by atoms with van der Waals surface area (Å²) >= 11 is 0. The number of rotatable bonds is 4. The zero-order chi connectivity index (χ0) is 10.6. The van der Waals surface area contributed by atoms with Crippen LogP contribution in [0.4, 0.5) is 0 Å². The van der Waals surface area contributed by atoms with E-state index in [0.717, 1.165) is 25.7 Å². The molecule has 0 saturated heterocycles. The first kappa shape index (κ1) is 9.44. The molecule has 1 rings (SSSR count). The van der Waals surface area contributed by atoms with E-state index in [4.69, 9.17) is 11.8 Å². The summed E-state index contributed by atoms with van der Waals surface area (Å²) in [5.74, 6) is 0. The van der Waals surface area contributed by atoms with Crippen LogP contribution in [0.25, 0.3) is 0 Å². The molecule has 13 heavy (non-hydrogen) atoms. The average molecular weight is 187 g/mol. The van der Waals surface area contributed by atoms with Crippen LogP contribution in [0.2, 0.25) is 0 Å². The van der Waals surface area contributed by atoms with Crippen molar-refractivity contribution in [3.05, 3.63) is 0 Å². The average Bonchev–Trinajstić information content (AvgIpc) is 2.08. The van der Waals surface area contributed by atoms with E-state index in [2.05, 4.69) is 5.32 Å². The monoisotopic (exact) mass is 187 g/mol. The summed E-state index contributed by atoms with van der Waals surface area (Å²) in [5.41, 5.74) is 5.82. The molecule has 0 aliphatic heterocycles. The maximum absolute atomic E-state index is 7.95. The molecule has 1 fully saturated rings. The number of hydrogen-bond donors (Lipinski definition) is 2. The van der Waals surface area contributed by atoms with Crippen molar-refractivity contribution in [1.82, 2.24) is 5.32 Å². The zero-order valence-electron chi connectivity index (χ0n) is 9.68. The fourth-order valence-corrected chi connectivity index (χ4v) is 1.87. The molecule has 3 nitrogen and oxygen atoms in total. The molecule has 3 heteroatoms. The lowest BCUT2D eigenvalue weighted by molar-refractivity contribution is 0.161. The number of ether oxygens (including phenoxy) is 1. The number of nitrogens with one attached hydrogen (secondary N) is 1. The lowest BCUT2D eigenvalue weighted by Gasteiger charge is -2.29. The molecule has 1 unspecified atom stereocenters. The van der Waals surface area contributed by atoms with Crippen LogP contribution in [0, 0.1) is 0 Å². The summed E-state index contributed by atoms with van der Waals surface area (Å²) < 4.78 is 12.9. The Kier molecular flexibility index (Phi) is 4.05. The Labute approximate surface area is 82.4 Å². The van der Waals surface area contributed by atoms with E-state index in [1.54, 1.807) is 7.11 Å². The molecule has 1 saturated carbocycles. The molecule has 3 N–H and O–H groups in total. The van der Waals surface area contributed by atoms with Crippen LogP contribution < -0.4 is 11.1 Å². The van der Waals surface area contributed by atoms with Crippen LogP contribution in [-0.4, -0.2) is 31.8 Å². The highest BCUT2D eigenvalue weighted by atomic mass is 16.5. The third kappa shape index (κ3) is 4.07. The van der Waals surface area contributed by atoms with Crippen molar-refractivity contribution in [2.75, 3.05) is 13.7 Å². The highest BCUT2D eigenvalue weighted by molar-refractivity contribution is 4.80. The van der Waals surface area contributed by atoms with Gasteiger partial charge in [0.1, 0.15) is 0 Å². The Hall–Kier alpha value is -0.120. The summed E-state index contributed by atoms with van der Waals surface area (Å²) in [6, 6.07) is 0.140. The van der Waals surface area contributed by atoms with Crippen molar-refractivity contribution in [3.63, 3.8) is 0 Å². The second-order valence-corrected chi connectivity index (χ2v) is 3.97. The second-order valence-electron chi connectivity index (χ2n) is 3.97. The SMILES string of the molecule is [2H]C(C)(COC)N[C@H]1CC[C@H](N)CC1. The molecular formula is C10H22N2O. The summed E-state index contributed by atoms with van der Waals surface area (Å²) in [5, 5.41) is 3.30. The van der Waals surface area contributed by atoms with Crippen LogP contribution in [-0.2, 0) is 4.74 Å². The van der Waals surface area contributed by atoms with Gasteiger partial charge < -0.3 is 15.8 Å². The van der Waals surface area contributed by atoms with Gasteiger partial charge in [-0.3, -0.25) is 0 Å². The van der Waals surface area contributed by atoms with E-state index in [1.807, 2.05) is 6.92 Å².